The summed E-state index contributed by atoms with van der Waals surface area (Å²) in [6, 6.07) is 20.6. The second kappa shape index (κ2) is 18.0. The Morgan fingerprint density at radius 3 is 1.93 bits per heavy atom. The molecule has 306 valence electrons. The van der Waals surface area contributed by atoms with Gasteiger partial charge in [0.2, 0.25) is 10.0 Å². The number of hydrogen-bond donors (Lipinski definition) is 2. The van der Waals surface area contributed by atoms with Crippen LogP contribution in [0.4, 0.5) is 33.3 Å². The van der Waals surface area contributed by atoms with Crippen LogP contribution in [0.3, 0.4) is 0 Å². The zero-order valence-corrected chi connectivity index (χ0v) is 33.6. The Labute approximate surface area is 324 Å². The third-order valence-corrected chi connectivity index (χ3v) is 13.3. The van der Waals surface area contributed by atoms with Crippen LogP contribution in [0.15, 0.2) is 90.5 Å². The minimum Gasteiger partial charge on any atom is -0.385 e. The first kappa shape index (κ1) is 44.5. The molecule has 56 heavy (non-hydrogen) atoms. The van der Waals surface area contributed by atoms with Gasteiger partial charge in [0.25, 0.3) is 16.0 Å². The van der Waals surface area contributed by atoms with Crippen LogP contribution in [0.2, 0.25) is 0 Å². The molecule has 2 N–H and O–H groups in total. The van der Waals surface area contributed by atoms with Crippen molar-refractivity contribution in [2.75, 3.05) is 61.1 Å². The molecule has 1 aliphatic carbocycles. The van der Waals surface area contributed by atoms with Gasteiger partial charge in [0.15, 0.2) is 12.3 Å². The lowest BCUT2D eigenvalue weighted by Crippen LogP contribution is -2.46. The van der Waals surface area contributed by atoms with Crippen LogP contribution in [0, 0.1) is 0 Å². The first-order valence-electron chi connectivity index (χ1n) is 17.6. The first-order valence-corrected chi connectivity index (χ1v) is 22.3. The van der Waals surface area contributed by atoms with E-state index in [1.165, 1.54) is 0 Å². The molecule has 0 aromatic heterocycles. The number of nitrogens with zero attached hydrogens (tertiary/aromatic N) is 2. The molecule has 0 spiro atoms. The largest absolute Gasteiger partial charge is 0.512 e. The van der Waals surface area contributed by atoms with Crippen molar-refractivity contribution in [3.05, 3.63) is 102 Å². The van der Waals surface area contributed by atoms with Gasteiger partial charge in [-0.25, -0.2) is 30.2 Å². The van der Waals surface area contributed by atoms with Crippen molar-refractivity contribution < 1.29 is 56.0 Å². The third kappa shape index (κ3) is 11.2. The highest BCUT2D eigenvalue weighted by Crippen LogP contribution is 2.37. The maximum absolute atomic E-state index is 14.4. The van der Waals surface area contributed by atoms with Crippen molar-refractivity contribution in [1.82, 2.24) is 4.13 Å². The molecule has 3 aromatic carbocycles. The monoisotopic (exact) mass is 847 g/mol. The molecule has 0 radical (unpaired) electrons. The molecule has 0 unspecified atom stereocenters. The Hall–Kier alpha value is -4.17. The van der Waals surface area contributed by atoms with Crippen molar-refractivity contribution in [3.63, 3.8) is 0 Å². The maximum atomic E-state index is 14.4. The van der Waals surface area contributed by atoms with E-state index in [4.69, 9.17) is 4.18 Å². The third-order valence-electron chi connectivity index (χ3n) is 8.70. The number of fused-ring (bicyclic) bond motifs is 1. The number of sulfonamides is 2. The number of likely N-dealkylation sites (N-methyl/N-ethyl adjacent to an activating group) is 1. The van der Waals surface area contributed by atoms with Gasteiger partial charge in [0, 0.05) is 48.5 Å². The van der Waals surface area contributed by atoms with Crippen LogP contribution in [-0.4, -0.2) is 97.8 Å². The molecule has 1 aliphatic rings. The lowest BCUT2D eigenvalue weighted by atomic mass is 9.87. The Morgan fingerprint density at radius 2 is 1.38 bits per heavy atom. The summed E-state index contributed by atoms with van der Waals surface area (Å²) in [6.07, 6.45) is 7.50. The summed E-state index contributed by atoms with van der Waals surface area (Å²) >= 11 is 0. The van der Waals surface area contributed by atoms with Crippen LogP contribution in [0.5, 0.6) is 0 Å². The molecule has 0 atom stereocenters. The molecule has 11 nitrogen and oxygen atoms in total. The normalized spacial score (nSPS) is 14.0. The summed E-state index contributed by atoms with van der Waals surface area (Å²) in [5, 5.41) is 5.52. The topological polar surface area (TPSA) is 142 Å². The predicted octanol–water partition coefficient (Wildman–Crippen LogP) is 6.27. The van der Waals surface area contributed by atoms with E-state index in [9.17, 15) is 47.2 Å². The maximum Gasteiger partial charge on any atom is 0.512 e. The fourth-order valence-corrected chi connectivity index (χ4v) is 9.98. The number of benzene rings is 3. The molecule has 0 fully saturated rings. The Kier molecular flexibility index (Phi) is 14.3. The highest BCUT2D eigenvalue weighted by molar-refractivity contribution is 8.05. The Bertz CT molecular complexity index is 2340. The highest BCUT2D eigenvalue weighted by Gasteiger charge is 2.50. The van der Waals surface area contributed by atoms with E-state index in [0.717, 1.165) is 64.1 Å². The summed E-state index contributed by atoms with van der Waals surface area (Å²) in [5.41, 5.74) is 0.454. The van der Waals surface area contributed by atoms with Crippen LogP contribution in [0.25, 0.3) is 16.3 Å². The number of alkyl halides is 5. The molecule has 0 aliphatic heterocycles. The molecular weight excluding hydrogens is 804 g/mol. The summed E-state index contributed by atoms with van der Waals surface area (Å²) in [6.45, 7) is 10.0. The van der Waals surface area contributed by atoms with E-state index < -0.39 is 59.7 Å². The molecule has 0 saturated carbocycles. The van der Waals surface area contributed by atoms with E-state index >= 15 is 0 Å². The zero-order chi connectivity index (χ0) is 41.5. The lowest BCUT2D eigenvalue weighted by Gasteiger charge is -2.22. The van der Waals surface area contributed by atoms with Gasteiger partial charge in [-0.1, -0.05) is 42.5 Å². The smallest absolute Gasteiger partial charge is 0.385 e. The molecular formula is C37H44F5N4O7S3+. The fraction of sp³-hybridized carbons (Fsp3) is 0.378. The molecule has 4 rings (SSSR count). The Morgan fingerprint density at radius 1 is 0.768 bits per heavy atom. The number of allylic oxidation sites excluding steroid dienone is 5. The van der Waals surface area contributed by atoms with Crippen molar-refractivity contribution in [1.29, 1.82) is 0 Å². The summed E-state index contributed by atoms with van der Waals surface area (Å²) in [4.78, 5) is 2.25. The van der Waals surface area contributed by atoms with E-state index in [0.29, 0.717) is 12.3 Å². The van der Waals surface area contributed by atoms with Crippen LogP contribution >= 0.6 is 0 Å². The average Bonchev–Trinajstić information content (AvgIpc) is 3.10. The van der Waals surface area contributed by atoms with Gasteiger partial charge < -0.3 is 10.2 Å². The first-order chi connectivity index (χ1) is 26.2. The molecule has 0 saturated heterocycles. The Balaban J connectivity index is 1.60. The van der Waals surface area contributed by atoms with E-state index in [2.05, 4.69) is 72.6 Å². The van der Waals surface area contributed by atoms with Crippen LogP contribution in [-0.2, 0) is 34.3 Å². The van der Waals surface area contributed by atoms with Crippen molar-refractivity contribution in [3.8, 4) is 0 Å². The number of halogens is 5. The predicted molar refractivity (Wildman–Crippen MR) is 210 cm³/mol. The quantitative estimate of drug-likeness (QED) is 0.0861. The van der Waals surface area contributed by atoms with Gasteiger partial charge in [0.1, 0.15) is 24.7 Å². The van der Waals surface area contributed by atoms with Gasteiger partial charge in [0.05, 0.1) is 0 Å². The van der Waals surface area contributed by atoms with Crippen LogP contribution in [0.1, 0.15) is 38.8 Å². The van der Waals surface area contributed by atoms with E-state index in [-0.39, 0.29) is 10.7 Å². The van der Waals surface area contributed by atoms with E-state index in [1.807, 2.05) is 43.4 Å². The van der Waals surface area contributed by atoms with Gasteiger partial charge >= 0.3 is 15.5 Å². The number of nitrogens with one attached hydrogen (secondary N) is 2. The average molecular weight is 848 g/mol. The zero-order valence-electron chi connectivity index (χ0n) is 31.1. The van der Waals surface area contributed by atoms with Crippen molar-refractivity contribution in [2.24, 2.45) is 0 Å². The van der Waals surface area contributed by atoms with E-state index in [1.54, 1.807) is 11.5 Å². The van der Waals surface area contributed by atoms with Crippen molar-refractivity contribution in [2.45, 2.75) is 39.1 Å². The molecule has 0 bridgehead atoms. The van der Waals surface area contributed by atoms with Crippen molar-refractivity contribution >= 4 is 63.6 Å². The molecule has 19 heteroatoms. The minimum absolute atomic E-state index is 0.107. The second-order valence-electron chi connectivity index (χ2n) is 12.6. The van der Waals surface area contributed by atoms with Gasteiger partial charge in [-0.05, 0) is 85.7 Å². The van der Waals surface area contributed by atoms with Crippen LogP contribution < -0.4 is 14.3 Å². The SMILES string of the molecule is CCNc1ccc(C(=C2C=CC(=[N+](CC)CCOS(=O)(=O)CC(F)(F)CS(=O)(=O)NS(=O)(=O)C(F)(F)F)C=C2)c2ccc(N(CC)CC)cc2)c2ccccc12. The number of hydrogen-bond acceptors (Lipinski definition) is 9. The summed E-state index contributed by atoms with van der Waals surface area (Å²) < 4.78 is 143. The second-order valence-corrected chi connectivity index (χ2v) is 17.9. The standard InChI is InChI=1S/C37H43F5N4O7S3/c1-5-43-34-22-21-33(31-11-9-10-12-32(31)34)35(27-13-17-29(18-14-27)45(6-2)7-3)28-15-19-30(20-16-28)46(8-4)23-24-53-55(49,50)26-36(38,39)25-54(47,48)44-56(51,52)37(40,41)42/h9-22,44H,5-8,23-26H2,1-4H3/p+1. The molecule has 3 aromatic rings. The van der Waals surface area contributed by atoms with Gasteiger partial charge in [-0.3, -0.25) is 4.18 Å². The molecule has 0 amide bonds. The lowest BCUT2D eigenvalue weighted by molar-refractivity contribution is -0.524. The number of anilines is 2. The van der Waals surface area contributed by atoms with Gasteiger partial charge in [-0.15, -0.1) is 4.13 Å². The minimum atomic E-state index is -6.54. The highest BCUT2D eigenvalue weighted by atomic mass is 32.3. The van der Waals surface area contributed by atoms with Gasteiger partial charge in [-0.2, -0.15) is 21.6 Å². The number of rotatable bonds is 18. The molecule has 0 heterocycles. The fourth-order valence-electron chi connectivity index (χ4n) is 6.21. The summed E-state index contributed by atoms with van der Waals surface area (Å²) in [7, 11) is -17.5. The summed E-state index contributed by atoms with van der Waals surface area (Å²) in [5.74, 6) is -9.49.